The molecular weight excluding hydrogens is 280 g/mol. The van der Waals surface area contributed by atoms with Gasteiger partial charge in [-0.1, -0.05) is 87.5 Å². The van der Waals surface area contributed by atoms with Gasteiger partial charge in [-0.25, -0.2) is 0 Å². The Morgan fingerprint density at radius 2 is 1.52 bits per heavy atom. The molecule has 1 heteroatoms. The number of carbonyl (C=O) groups is 1. The van der Waals surface area contributed by atoms with Gasteiger partial charge in [-0.2, -0.15) is 0 Å². The minimum atomic E-state index is -0.0766. The van der Waals surface area contributed by atoms with E-state index in [0.717, 1.165) is 16.7 Å². The summed E-state index contributed by atoms with van der Waals surface area (Å²) in [6.07, 6.45) is 6.15. The monoisotopic (exact) mass is 302 g/mol. The van der Waals surface area contributed by atoms with Crippen molar-refractivity contribution < 1.29 is 4.79 Å². The van der Waals surface area contributed by atoms with Gasteiger partial charge in [-0.15, -0.1) is 0 Å². The second-order valence-corrected chi connectivity index (χ2v) is 7.05. The summed E-state index contributed by atoms with van der Waals surface area (Å²) >= 11 is 0. The maximum atomic E-state index is 12.8. The van der Waals surface area contributed by atoms with Gasteiger partial charge in [0.15, 0.2) is 5.78 Å². The molecule has 3 rings (SSSR count). The molecule has 0 N–H and O–H groups in total. The summed E-state index contributed by atoms with van der Waals surface area (Å²) in [6.45, 7) is 6.51. The lowest BCUT2D eigenvalue weighted by molar-refractivity contribution is 0.104. The van der Waals surface area contributed by atoms with Gasteiger partial charge in [0.2, 0.25) is 0 Å². The third kappa shape index (κ3) is 3.19. The zero-order chi connectivity index (χ0) is 16.4. The molecular formula is C22H22O. The van der Waals surface area contributed by atoms with Crippen LogP contribution in [-0.2, 0) is 0 Å². The summed E-state index contributed by atoms with van der Waals surface area (Å²) in [5.41, 5.74) is 4.06. The summed E-state index contributed by atoms with van der Waals surface area (Å²) in [5.74, 6) is 0.212. The Bertz CT molecular complexity index is 773. The molecule has 116 valence electrons. The van der Waals surface area contributed by atoms with E-state index in [1.165, 1.54) is 5.56 Å². The third-order valence-corrected chi connectivity index (χ3v) is 4.34. The maximum absolute atomic E-state index is 12.8. The van der Waals surface area contributed by atoms with Gasteiger partial charge >= 0.3 is 0 Å². The third-order valence-electron chi connectivity index (χ3n) is 4.34. The fraction of sp³-hybridized carbons (Fsp3) is 0.227. The number of hydrogen-bond acceptors (Lipinski definition) is 1. The Hall–Kier alpha value is -2.41. The molecule has 1 nitrogen and oxygen atoms in total. The van der Waals surface area contributed by atoms with Crippen LogP contribution in [0.5, 0.6) is 0 Å². The highest BCUT2D eigenvalue weighted by Gasteiger charge is 2.27. The normalized spacial score (nSPS) is 21.6. The predicted octanol–water partition coefficient (Wildman–Crippen LogP) is 5.65. The molecule has 1 unspecified atom stereocenters. The van der Waals surface area contributed by atoms with Crippen molar-refractivity contribution in [3.05, 3.63) is 89.0 Å². The zero-order valence-corrected chi connectivity index (χ0v) is 13.9. The summed E-state index contributed by atoms with van der Waals surface area (Å²) in [5, 5.41) is 0. The number of ketones is 1. The topological polar surface area (TPSA) is 17.1 Å². The molecule has 0 saturated carbocycles. The highest BCUT2D eigenvalue weighted by molar-refractivity contribution is 6.08. The van der Waals surface area contributed by atoms with Crippen LogP contribution in [0.1, 0.15) is 48.2 Å². The van der Waals surface area contributed by atoms with Crippen LogP contribution in [0.2, 0.25) is 0 Å². The van der Waals surface area contributed by atoms with Crippen LogP contribution < -0.4 is 0 Å². The Labute approximate surface area is 138 Å². The highest BCUT2D eigenvalue weighted by atomic mass is 16.1. The van der Waals surface area contributed by atoms with E-state index in [-0.39, 0.29) is 17.1 Å². The Morgan fingerprint density at radius 3 is 2.22 bits per heavy atom. The first-order valence-electron chi connectivity index (χ1n) is 8.05. The van der Waals surface area contributed by atoms with Crippen LogP contribution in [0, 0.1) is 5.41 Å². The number of fused-ring (bicyclic) bond motifs is 1. The number of carbonyl (C=O) groups excluding carboxylic acids is 1. The summed E-state index contributed by atoms with van der Waals surface area (Å²) < 4.78 is 0. The van der Waals surface area contributed by atoms with E-state index in [1.807, 2.05) is 36.4 Å². The van der Waals surface area contributed by atoms with Crippen LogP contribution in [0.4, 0.5) is 0 Å². The quantitative estimate of drug-likeness (QED) is 0.665. The van der Waals surface area contributed by atoms with E-state index < -0.39 is 0 Å². The molecule has 0 aromatic heterocycles. The van der Waals surface area contributed by atoms with Gasteiger partial charge < -0.3 is 0 Å². The van der Waals surface area contributed by atoms with E-state index in [2.05, 4.69) is 57.2 Å². The Balaban J connectivity index is 2.20. The van der Waals surface area contributed by atoms with Crippen molar-refractivity contribution in [3.63, 3.8) is 0 Å². The molecule has 1 atom stereocenters. The number of hydrogen-bond donors (Lipinski definition) is 0. The largest absolute Gasteiger partial charge is 0.289 e. The molecule has 0 aliphatic heterocycles. The lowest BCUT2D eigenvalue weighted by Gasteiger charge is -2.30. The first-order valence-corrected chi connectivity index (χ1v) is 8.05. The zero-order valence-electron chi connectivity index (χ0n) is 13.9. The molecule has 0 amide bonds. The molecule has 0 saturated heterocycles. The van der Waals surface area contributed by atoms with Crippen LogP contribution >= 0.6 is 0 Å². The molecule has 0 heterocycles. The smallest absolute Gasteiger partial charge is 0.186 e. The molecule has 0 radical (unpaired) electrons. The van der Waals surface area contributed by atoms with Crippen LogP contribution in [0.15, 0.2) is 72.3 Å². The van der Waals surface area contributed by atoms with Crippen molar-refractivity contribution in [1.29, 1.82) is 0 Å². The van der Waals surface area contributed by atoms with Crippen molar-refractivity contribution in [2.75, 3.05) is 0 Å². The van der Waals surface area contributed by atoms with Gasteiger partial charge in [0, 0.05) is 11.5 Å². The summed E-state index contributed by atoms with van der Waals surface area (Å²) in [6, 6.07) is 18.2. The highest BCUT2D eigenvalue weighted by Crippen LogP contribution is 2.40. The maximum Gasteiger partial charge on any atom is 0.186 e. The van der Waals surface area contributed by atoms with Crippen molar-refractivity contribution >= 4 is 11.9 Å². The molecule has 1 aliphatic rings. The second kappa shape index (κ2) is 6.00. The lowest BCUT2D eigenvalue weighted by atomic mass is 9.74. The molecule has 0 spiro atoms. The van der Waals surface area contributed by atoms with Crippen LogP contribution in [0.25, 0.3) is 6.08 Å². The van der Waals surface area contributed by atoms with Gasteiger partial charge in [0.1, 0.15) is 0 Å². The molecule has 0 bridgehead atoms. The van der Waals surface area contributed by atoms with E-state index in [9.17, 15) is 4.79 Å². The van der Waals surface area contributed by atoms with Crippen molar-refractivity contribution in [2.24, 2.45) is 5.41 Å². The molecule has 1 aliphatic carbocycles. The second-order valence-electron chi connectivity index (χ2n) is 7.05. The van der Waals surface area contributed by atoms with Gasteiger partial charge in [-0.3, -0.25) is 4.79 Å². The SMILES string of the molecule is CC(C)(C)/C1=C/C(=O)c2ccccc2/C=C\C1c1ccccc1. The fourth-order valence-corrected chi connectivity index (χ4v) is 3.11. The van der Waals surface area contributed by atoms with Gasteiger partial charge in [-0.05, 0) is 28.2 Å². The molecule has 0 fully saturated rings. The van der Waals surface area contributed by atoms with Crippen LogP contribution in [-0.4, -0.2) is 5.78 Å². The van der Waals surface area contributed by atoms with Gasteiger partial charge in [0.05, 0.1) is 0 Å². The predicted molar refractivity (Wildman–Crippen MR) is 96.5 cm³/mol. The molecule has 2 aromatic rings. The van der Waals surface area contributed by atoms with Crippen molar-refractivity contribution in [2.45, 2.75) is 26.7 Å². The standard InChI is InChI=1S/C22H22O/c1-22(2,3)20-15-21(23)19-12-8-7-11-17(19)13-14-18(20)16-9-5-4-6-10-16/h4-15,18H,1-3H3/b14-13-,20-15+. The van der Waals surface area contributed by atoms with Crippen LogP contribution in [0.3, 0.4) is 0 Å². The lowest BCUT2D eigenvalue weighted by Crippen LogP contribution is -2.18. The van der Waals surface area contributed by atoms with E-state index in [1.54, 1.807) is 0 Å². The molecule has 23 heavy (non-hydrogen) atoms. The van der Waals surface area contributed by atoms with Crippen molar-refractivity contribution in [3.8, 4) is 0 Å². The summed E-state index contributed by atoms with van der Waals surface area (Å²) in [7, 11) is 0. The minimum Gasteiger partial charge on any atom is -0.289 e. The van der Waals surface area contributed by atoms with E-state index in [4.69, 9.17) is 0 Å². The van der Waals surface area contributed by atoms with Gasteiger partial charge in [0.25, 0.3) is 0 Å². The molecule has 2 aromatic carbocycles. The number of benzene rings is 2. The first kappa shape index (κ1) is 15.5. The minimum absolute atomic E-state index is 0.0766. The average Bonchev–Trinajstić information content (AvgIpc) is 2.52. The van der Waals surface area contributed by atoms with E-state index >= 15 is 0 Å². The first-order chi connectivity index (χ1) is 11.0. The van der Waals surface area contributed by atoms with E-state index in [0.29, 0.717) is 0 Å². The number of rotatable bonds is 1. The number of allylic oxidation sites excluding steroid dienone is 3. The fourth-order valence-electron chi connectivity index (χ4n) is 3.11. The summed E-state index contributed by atoms with van der Waals surface area (Å²) in [4.78, 5) is 12.8. The average molecular weight is 302 g/mol. The Kier molecular flexibility index (Phi) is 4.04. The van der Waals surface area contributed by atoms with Crippen molar-refractivity contribution in [1.82, 2.24) is 0 Å². The Morgan fingerprint density at radius 1 is 0.870 bits per heavy atom.